The van der Waals surface area contributed by atoms with Crippen molar-refractivity contribution in [3.63, 3.8) is 0 Å². The van der Waals surface area contributed by atoms with Crippen LogP contribution in [0.3, 0.4) is 0 Å². The van der Waals surface area contributed by atoms with Crippen molar-refractivity contribution >= 4 is 34.1 Å². The summed E-state index contributed by atoms with van der Waals surface area (Å²) >= 11 is 0. The molecule has 0 aliphatic heterocycles. The maximum Gasteiger partial charge on any atom is 0.127 e. The third-order valence-electron chi connectivity index (χ3n) is 7.21. The summed E-state index contributed by atoms with van der Waals surface area (Å²) in [6, 6.07) is 52.0. The Morgan fingerprint density at radius 3 is 0.932 bits per heavy atom. The Morgan fingerprint density at radius 1 is 0.341 bits per heavy atom. The molecule has 0 amide bonds. The predicted molar refractivity (Wildman–Crippen MR) is 182 cm³/mol. The van der Waals surface area contributed by atoms with E-state index in [-0.39, 0.29) is 0 Å². The highest BCUT2D eigenvalue weighted by atomic mass is 16.5. The van der Waals surface area contributed by atoms with Crippen LogP contribution in [0.15, 0.2) is 158 Å². The molecule has 0 atom stereocenters. The fourth-order valence-corrected chi connectivity index (χ4v) is 4.96. The third-order valence-corrected chi connectivity index (χ3v) is 7.21. The van der Waals surface area contributed by atoms with Crippen LogP contribution in [-0.2, 0) is 0 Å². The largest absolute Gasteiger partial charge is 0.457 e. The van der Waals surface area contributed by atoms with E-state index in [0.717, 1.165) is 58.8 Å². The fourth-order valence-electron chi connectivity index (χ4n) is 4.96. The topological polar surface area (TPSA) is 77.0 Å². The molecule has 6 aromatic carbocycles. The molecule has 6 heteroatoms. The Hall–Kier alpha value is -5.88. The number of anilines is 6. The maximum absolute atomic E-state index is 6.04. The molecule has 0 spiro atoms. The molecule has 0 aromatic heterocycles. The zero-order chi connectivity index (χ0) is 30.1. The van der Waals surface area contributed by atoms with Gasteiger partial charge in [-0.05, 0) is 121 Å². The summed E-state index contributed by atoms with van der Waals surface area (Å²) < 4.78 is 12.1. The van der Waals surface area contributed by atoms with Crippen molar-refractivity contribution in [3.8, 4) is 23.0 Å². The van der Waals surface area contributed by atoms with Crippen molar-refractivity contribution < 1.29 is 9.47 Å². The first-order valence-corrected chi connectivity index (χ1v) is 14.5. The predicted octanol–water partition coefficient (Wildman–Crippen LogP) is 9.41. The van der Waals surface area contributed by atoms with Crippen LogP contribution < -0.4 is 30.7 Å². The standard InChI is InChI=1S/C38H34N4O2/c39-29-11-19-35(20-12-29)43-37-23-15-33(16-24-37)41(31-7-3-1-4-8-31)27-28-42(32-9-5-2-6-10-32)34-17-25-38(26-18-34)44-36-21-13-30(40)14-22-36/h1-26H,27-28,39-40H2. The summed E-state index contributed by atoms with van der Waals surface area (Å²) in [5.74, 6) is 3.02. The number of hydrogen-bond donors (Lipinski definition) is 2. The number of hydrogen-bond acceptors (Lipinski definition) is 6. The zero-order valence-electron chi connectivity index (χ0n) is 24.3. The third kappa shape index (κ3) is 7.12. The second-order valence-corrected chi connectivity index (χ2v) is 10.3. The minimum absolute atomic E-state index is 0.707. The highest BCUT2D eigenvalue weighted by Gasteiger charge is 2.15. The molecular formula is C38H34N4O2. The van der Waals surface area contributed by atoms with Gasteiger partial charge in [-0.1, -0.05) is 36.4 Å². The average Bonchev–Trinajstić information content (AvgIpc) is 3.07. The van der Waals surface area contributed by atoms with Gasteiger partial charge in [-0.3, -0.25) is 0 Å². The van der Waals surface area contributed by atoms with Gasteiger partial charge in [0.1, 0.15) is 23.0 Å². The Kier molecular flexibility index (Phi) is 8.60. The van der Waals surface area contributed by atoms with Gasteiger partial charge < -0.3 is 30.7 Å². The maximum atomic E-state index is 6.04. The zero-order valence-corrected chi connectivity index (χ0v) is 24.3. The van der Waals surface area contributed by atoms with Crippen LogP contribution in [0.25, 0.3) is 0 Å². The van der Waals surface area contributed by atoms with Gasteiger partial charge in [0.25, 0.3) is 0 Å². The average molecular weight is 579 g/mol. The summed E-state index contributed by atoms with van der Waals surface area (Å²) in [7, 11) is 0. The van der Waals surface area contributed by atoms with Gasteiger partial charge in [-0.25, -0.2) is 0 Å². The molecule has 6 rings (SSSR count). The molecular weight excluding hydrogens is 544 g/mol. The summed E-state index contributed by atoms with van der Waals surface area (Å²) in [5.41, 5.74) is 17.4. The van der Waals surface area contributed by atoms with E-state index in [1.54, 1.807) is 0 Å². The summed E-state index contributed by atoms with van der Waals surface area (Å²) in [6.45, 7) is 1.47. The van der Waals surface area contributed by atoms with Crippen molar-refractivity contribution in [2.24, 2.45) is 0 Å². The lowest BCUT2D eigenvalue weighted by Crippen LogP contribution is -2.30. The Labute approximate surface area is 258 Å². The smallest absolute Gasteiger partial charge is 0.127 e. The molecule has 6 nitrogen and oxygen atoms in total. The van der Waals surface area contributed by atoms with Crippen LogP contribution in [0.1, 0.15) is 0 Å². The second-order valence-electron chi connectivity index (χ2n) is 10.3. The molecule has 6 aromatic rings. The van der Waals surface area contributed by atoms with E-state index in [9.17, 15) is 0 Å². The molecule has 4 N–H and O–H groups in total. The van der Waals surface area contributed by atoms with Crippen LogP contribution in [-0.4, -0.2) is 13.1 Å². The molecule has 0 aliphatic rings. The lowest BCUT2D eigenvalue weighted by molar-refractivity contribution is 0.482. The van der Waals surface area contributed by atoms with Gasteiger partial charge in [0.2, 0.25) is 0 Å². The molecule has 0 aliphatic carbocycles. The quantitative estimate of drug-likeness (QED) is 0.149. The van der Waals surface area contributed by atoms with E-state index >= 15 is 0 Å². The van der Waals surface area contributed by atoms with Gasteiger partial charge in [0, 0.05) is 47.2 Å². The van der Waals surface area contributed by atoms with Gasteiger partial charge in [-0.2, -0.15) is 0 Å². The van der Waals surface area contributed by atoms with Gasteiger partial charge in [-0.15, -0.1) is 0 Å². The first-order chi connectivity index (χ1) is 21.6. The van der Waals surface area contributed by atoms with Gasteiger partial charge in [0.15, 0.2) is 0 Å². The van der Waals surface area contributed by atoms with Crippen LogP contribution in [0.5, 0.6) is 23.0 Å². The fraction of sp³-hybridized carbons (Fsp3) is 0.0526. The Bertz CT molecular complexity index is 1610. The number of nitrogens with two attached hydrogens (primary N) is 2. The van der Waals surface area contributed by atoms with Crippen LogP contribution in [0.4, 0.5) is 34.1 Å². The van der Waals surface area contributed by atoms with Crippen molar-refractivity contribution in [3.05, 3.63) is 158 Å². The first-order valence-electron chi connectivity index (χ1n) is 14.5. The molecule has 0 unspecified atom stereocenters. The highest BCUT2D eigenvalue weighted by Crippen LogP contribution is 2.32. The van der Waals surface area contributed by atoms with Crippen molar-refractivity contribution in [1.82, 2.24) is 0 Å². The van der Waals surface area contributed by atoms with Crippen molar-refractivity contribution in [1.29, 1.82) is 0 Å². The Balaban J connectivity index is 1.23. The van der Waals surface area contributed by atoms with Crippen LogP contribution in [0.2, 0.25) is 0 Å². The number of nitrogen functional groups attached to an aromatic ring is 2. The molecule has 0 radical (unpaired) electrons. The number of nitrogens with zero attached hydrogens (tertiary/aromatic N) is 2. The number of rotatable bonds is 11. The van der Waals surface area contributed by atoms with E-state index in [1.807, 2.05) is 84.9 Å². The van der Waals surface area contributed by atoms with E-state index in [1.165, 1.54) is 0 Å². The molecule has 44 heavy (non-hydrogen) atoms. The molecule has 0 saturated heterocycles. The second kappa shape index (κ2) is 13.4. The lowest BCUT2D eigenvalue weighted by Gasteiger charge is -2.31. The Morgan fingerprint density at radius 2 is 0.614 bits per heavy atom. The van der Waals surface area contributed by atoms with Gasteiger partial charge in [0.05, 0.1) is 0 Å². The van der Waals surface area contributed by atoms with Crippen LogP contribution in [0, 0.1) is 0 Å². The molecule has 0 saturated carbocycles. The van der Waals surface area contributed by atoms with E-state index in [2.05, 4.69) is 82.6 Å². The van der Waals surface area contributed by atoms with E-state index in [0.29, 0.717) is 11.4 Å². The number of benzene rings is 6. The minimum Gasteiger partial charge on any atom is -0.457 e. The van der Waals surface area contributed by atoms with E-state index in [4.69, 9.17) is 20.9 Å². The van der Waals surface area contributed by atoms with E-state index < -0.39 is 0 Å². The molecule has 0 fully saturated rings. The van der Waals surface area contributed by atoms with Crippen molar-refractivity contribution in [2.75, 3.05) is 34.4 Å². The summed E-state index contributed by atoms with van der Waals surface area (Å²) in [4.78, 5) is 4.64. The minimum atomic E-state index is 0.707. The SMILES string of the molecule is Nc1ccc(Oc2ccc(N(CCN(c3ccccc3)c3ccc(Oc4ccc(N)cc4)cc3)c3ccccc3)cc2)cc1. The molecule has 0 heterocycles. The summed E-state index contributed by atoms with van der Waals surface area (Å²) in [5, 5.41) is 0. The van der Waals surface area contributed by atoms with Gasteiger partial charge >= 0.3 is 0 Å². The highest BCUT2D eigenvalue weighted by molar-refractivity contribution is 5.67. The number of para-hydroxylation sites is 2. The monoisotopic (exact) mass is 578 g/mol. The van der Waals surface area contributed by atoms with Crippen molar-refractivity contribution in [2.45, 2.75) is 0 Å². The first kappa shape index (κ1) is 28.2. The lowest BCUT2D eigenvalue weighted by atomic mass is 10.2. The summed E-state index contributed by atoms with van der Waals surface area (Å²) in [6.07, 6.45) is 0. The van der Waals surface area contributed by atoms with Crippen LogP contribution >= 0.6 is 0 Å². The normalized spacial score (nSPS) is 10.6. The number of ether oxygens (including phenoxy) is 2. The molecule has 0 bridgehead atoms. The molecule has 218 valence electrons.